The fraction of sp³-hybridized carbons (Fsp3) is 0.533. The summed E-state index contributed by atoms with van der Waals surface area (Å²) >= 11 is 0. The Morgan fingerprint density at radius 2 is 1.95 bits per heavy atom. The summed E-state index contributed by atoms with van der Waals surface area (Å²) in [6, 6.07) is 3.96. The zero-order valence-corrected chi connectivity index (χ0v) is 11.5. The van der Waals surface area contributed by atoms with Crippen molar-refractivity contribution >= 4 is 17.6 Å². The Morgan fingerprint density at radius 1 is 1.15 bits per heavy atom. The topological polar surface area (TPSA) is 62.3 Å². The van der Waals surface area contributed by atoms with Gasteiger partial charge in [-0.3, -0.25) is 14.9 Å². The van der Waals surface area contributed by atoms with Crippen LogP contribution in [0, 0.1) is 0 Å². The number of nitrogens with one attached hydrogen (secondary N) is 1. The number of rotatable bonds is 2. The number of carbonyl (C=O) groups is 2. The second-order valence-corrected chi connectivity index (χ2v) is 5.50. The highest BCUT2D eigenvalue weighted by molar-refractivity contribution is 6.00. The quantitative estimate of drug-likeness (QED) is 0.831. The molecule has 5 nitrogen and oxygen atoms in total. The van der Waals surface area contributed by atoms with Gasteiger partial charge in [0.15, 0.2) is 0 Å². The molecule has 0 spiro atoms. The lowest BCUT2D eigenvalue weighted by Crippen LogP contribution is -2.39. The molecule has 1 unspecified atom stereocenters. The summed E-state index contributed by atoms with van der Waals surface area (Å²) in [5.74, 6) is 0.370. The van der Waals surface area contributed by atoms with Crippen LogP contribution in [0.1, 0.15) is 43.6 Å². The lowest BCUT2D eigenvalue weighted by Gasteiger charge is -2.28. The number of piperidine rings is 2. The summed E-state index contributed by atoms with van der Waals surface area (Å²) in [6.07, 6.45) is 6.50. The Balaban J connectivity index is 1.72. The van der Waals surface area contributed by atoms with Gasteiger partial charge in [-0.25, -0.2) is 4.98 Å². The van der Waals surface area contributed by atoms with Gasteiger partial charge in [0, 0.05) is 25.7 Å². The molecule has 0 aromatic carbocycles. The smallest absolute Gasteiger partial charge is 0.234 e. The van der Waals surface area contributed by atoms with E-state index in [4.69, 9.17) is 0 Å². The van der Waals surface area contributed by atoms with Crippen molar-refractivity contribution in [3.05, 3.63) is 23.9 Å². The van der Waals surface area contributed by atoms with Crippen LogP contribution < -0.4 is 10.2 Å². The number of hydrogen-bond donors (Lipinski definition) is 1. The molecule has 2 aliphatic rings. The van der Waals surface area contributed by atoms with Gasteiger partial charge in [-0.2, -0.15) is 0 Å². The maximum Gasteiger partial charge on any atom is 0.234 e. The first-order chi connectivity index (χ1) is 9.74. The number of nitrogens with zero attached hydrogens (tertiary/aromatic N) is 2. The van der Waals surface area contributed by atoms with Crippen molar-refractivity contribution in [2.24, 2.45) is 0 Å². The minimum Gasteiger partial charge on any atom is -0.357 e. The van der Waals surface area contributed by atoms with E-state index >= 15 is 0 Å². The van der Waals surface area contributed by atoms with E-state index in [0.29, 0.717) is 12.8 Å². The monoisotopic (exact) mass is 273 g/mol. The van der Waals surface area contributed by atoms with Crippen LogP contribution in [-0.2, 0) is 9.59 Å². The molecule has 5 heteroatoms. The van der Waals surface area contributed by atoms with Crippen LogP contribution >= 0.6 is 0 Å². The maximum atomic E-state index is 11.8. The zero-order chi connectivity index (χ0) is 13.9. The predicted molar refractivity (Wildman–Crippen MR) is 75.4 cm³/mol. The number of pyridine rings is 1. The summed E-state index contributed by atoms with van der Waals surface area (Å²) in [5, 5.41) is 2.39. The molecule has 1 atom stereocenters. The second kappa shape index (κ2) is 5.61. The molecule has 3 rings (SSSR count). The van der Waals surface area contributed by atoms with Crippen LogP contribution in [0.3, 0.4) is 0 Å². The molecule has 2 aliphatic heterocycles. The van der Waals surface area contributed by atoms with Crippen LogP contribution in [0.2, 0.25) is 0 Å². The lowest BCUT2D eigenvalue weighted by molar-refractivity contribution is -0.134. The van der Waals surface area contributed by atoms with Gasteiger partial charge < -0.3 is 4.90 Å². The van der Waals surface area contributed by atoms with Gasteiger partial charge in [-0.05, 0) is 37.3 Å². The minimum atomic E-state index is -0.240. The van der Waals surface area contributed by atoms with Gasteiger partial charge in [0.1, 0.15) is 5.82 Å². The Hall–Kier alpha value is -1.91. The average Bonchev–Trinajstić information content (AvgIpc) is 2.48. The van der Waals surface area contributed by atoms with Crippen molar-refractivity contribution in [3.8, 4) is 0 Å². The van der Waals surface area contributed by atoms with Crippen LogP contribution in [0.5, 0.6) is 0 Å². The Bertz CT molecular complexity index is 506. The first kappa shape index (κ1) is 13.1. The third-order valence-corrected chi connectivity index (χ3v) is 4.09. The fourth-order valence-corrected chi connectivity index (χ4v) is 2.93. The molecule has 106 valence electrons. The summed E-state index contributed by atoms with van der Waals surface area (Å²) in [5.41, 5.74) is 0.899. The third-order valence-electron chi connectivity index (χ3n) is 4.09. The van der Waals surface area contributed by atoms with Gasteiger partial charge >= 0.3 is 0 Å². The van der Waals surface area contributed by atoms with E-state index in [1.54, 1.807) is 6.20 Å². The SMILES string of the molecule is O=C1CCC(c2ccc(N3CCCCC3)nc2)C(=O)N1. The summed E-state index contributed by atoms with van der Waals surface area (Å²) in [4.78, 5) is 29.8. The van der Waals surface area contributed by atoms with Crippen LogP contribution in [-0.4, -0.2) is 29.9 Å². The third kappa shape index (κ3) is 2.66. The molecule has 0 aliphatic carbocycles. The molecular formula is C15H19N3O2. The van der Waals surface area contributed by atoms with E-state index in [0.717, 1.165) is 24.5 Å². The standard InChI is InChI=1S/C15H19N3O2/c19-14-7-5-12(15(20)17-14)11-4-6-13(16-10-11)18-8-2-1-3-9-18/h4,6,10,12H,1-3,5,7-9H2,(H,17,19,20). The highest BCUT2D eigenvalue weighted by atomic mass is 16.2. The second-order valence-electron chi connectivity index (χ2n) is 5.50. The van der Waals surface area contributed by atoms with Crippen molar-refractivity contribution in [1.29, 1.82) is 0 Å². The molecule has 1 aromatic heterocycles. The Kier molecular flexibility index (Phi) is 3.67. The van der Waals surface area contributed by atoms with Gasteiger partial charge in [0.05, 0.1) is 5.92 Å². The molecule has 0 radical (unpaired) electrons. The minimum absolute atomic E-state index is 0.177. The zero-order valence-electron chi connectivity index (χ0n) is 11.5. The molecule has 2 amide bonds. The van der Waals surface area contributed by atoms with Crippen molar-refractivity contribution in [2.45, 2.75) is 38.0 Å². The molecule has 1 aromatic rings. The first-order valence-corrected chi connectivity index (χ1v) is 7.28. The number of amides is 2. The summed E-state index contributed by atoms with van der Waals surface area (Å²) < 4.78 is 0. The molecular weight excluding hydrogens is 254 g/mol. The highest BCUT2D eigenvalue weighted by Crippen LogP contribution is 2.26. The van der Waals surface area contributed by atoms with Gasteiger partial charge in [0.25, 0.3) is 0 Å². The van der Waals surface area contributed by atoms with Gasteiger partial charge in [-0.1, -0.05) is 6.07 Å². The van der Waals surface area contributed by atoms with Gasteiger partial charge in [0.2, 0.25) is 11.8 Å². The van der Waals surface area contributed by atoms with E-state index in [2.05, 4.69) is 15.2 Å². The van der Waals surface area contributed by atoms with Crippen molar-refractivity contribution in [2.75, 3.05) is 18.0 Å². The van der Waals surface area contributed by atoms with Crippen molar-refractivity contribution in [1.82, 2.24) is 10.3 Å². The van der Waals surface area contributed by atoms with E-state index in [9.17, 15) is 9.59 Å². The normalized spacial score (nSPS) is 23.6. The highest BCUT2D eigenvalue weighted by Gasteiger charge is 2.28. The first-order valence-electron chi connectivity index (χ1n) is 7.28. The van der Waals surface area contributed by atoms with Crippen molar-refractivity contribution < 1.29 is 9.59 Å². The molecule has 2 saturated heterocycles. The number of hydrogen-bond acceptors (Lipinski definition) is 4. The number of anilines is 1. The Labute approximate surface area is 118 Å². The molecule has 3 heterocycles. The van der Waals surface area contributed by atoms with Crippen LogP contribution in [0.25, 0.3) is 0 Å². The predicted octanol–water partition coefficient (Wildman–Crippen LogP) is 1.59. The Morgan fingerprint density at radius 3 is 2.60 bits per heavy atom. The van der Waals surface area contributed by atoms with Crippen molar-refractivity contribution in [3.63, 3.8) is 0 Å². The molecule has 1 N–H and O–H groups in total. The molecule has 0 saturated carbocycles. The fourth-order valence-electron chi connectivity index (χ4n) is 2.93. The van der Waals surface area contributed by atoms with Gasteiger partial charge in [-0.15, -0.1) is 0 Å². The lowest BCUT2D eigenvalue weighted by atomic mass is 9.92. The van der Waals surface area contributed by atoms with E-state index in [1.165, 1.54) is 19.3 Å². The van der Waals surface area contributed by atoms with E-state index < -0.39 is 0 Å². The van der Waals surface area contributed by atoms with Crippen LogP contribution in [0.4, 0.5) is 5.82 Å². The number of imide groups is 1. The maximum absolute atomic E-state index is 11.8. The molecule has 20 heavy (non-hydrogen) atoms. The summed E-state index contributed by atoms with van der Waals surface area (Å²) in [7, 11) is 0. The average molecular weight is 273 g/mol. The van der Waals surface area contributed by atoms with Crippen LogP contribution in [0.15, 0.2) is 18.3 Å². The number of aromatic nitrogens is 1. The van der Waals surface area contributed by atoms with E-state index in [-0.39, 0.29) is 17.7 Å². The molecule has 2 fully saturated rings. The molecule has 0 bridgehead atoms. The van der Waals surface area contributed by atoms with E-state index in [1.807, 2.05) is 12.1 Å². The largest absolute Gasteiger partial charge is 0.357 e. The summed E-state index contributed by atoms with van der Waals surface area (Å²) in [6.45, 7) is 2.12. The number of carbonyl (C=O) groups excluding carboxylic acids is 2.